The van der Waals surface area contributed by atoms with Crippen molar-refractivity contribution >= 4 is 20.0 Å². The van der Waals surface area contributed by atoms with Crippen LogP contribution in [0.15, 0.2) is 51.1 Å². The zero-order chi connectivity index (χ0) is 19.2. The topological polar surface area (TPSA) is 132 Å². The number of hydrogen-bond acceptors (Lipinski definition) is 7. The molecule has 0 atom stereocenters. The van der Waals surface area contributed by atoms with E-state index in [1.54, 1.807) is 12.1 Å². The van der Waals surface area contributed by atoms with Crippen molar-refractivity contribution in [2.24, 2.45) is 0 Å². The number of rotatable bonds is 3. The van der Waals surface area contributed by atoms with Gasteiger partial charge in [-0.25, -0.2) is 16.8 Å². The third-order valence-corrected chi connectivity index (χ3v) is 6.29. The first-order valence-corrected chi connectivity index (χ1v) is 10.0. The first-order valence-electron chi connectivity index (χ1n) is 7.12. The molecule has 2 rings (SSSR count). The van der Waals surface area contributed by atoms with Gasteiger partial charge in [0.1, 0.15) is 26.5 Å². The van der Waals surface area contributed by atoms with Crippen LogP contribution in [-0.2, 0) is 25.4 Å². The molecule has 2 aromatic rings. The standard InChI is InChI=1S/C16H18O7S2.Na/c1-16(2,3)10-4-6-11(7-5-10)24(19,20)14-8-13(18)15(9-12(14)17)25(21,22)23;/h4-9,17-18H,1-3H3,(H,21,22,23);/q;+1/p-1. The molecule has 0 bridgehead atoms. The van der Waals surface area contributed by atoms with Crippen molar-refractivity contribution in [3.63, 3.8) is 0 Å². The van der Waals surface area contributed by atoms with Crippen molar-refractivity contribution in [1.82, 2.24) is 0 Å². The number of aromatic hydroxyl groups is 2. The Morgan fingerprint density at radius 1 is 0.846 bits per heavy atom. The fraction of sp³-hybridized carbons (Fsp3) is 0.250. The van der Waals surface area contributed by atoms with Crippen molar-refractivity contribution in [2.45, 2.75) is 40.9 Å². The van der Waals surface area contributed by atoms with E-state index in [-0.39, 0.29) is 39.9 Å². The minimum absolute atomic E-state index is 0. The predicted octanol–water partition coefficient (Wildman–Crippen LogP) is -0.864. The van der Waals surface area contributed by atoms with E-state index in [4.69, 9.17) is 0 Å². The summed E-state index contributed by atoms with van der Waals surface area (Å²) in [5.74, 6) is -1.98. The van der Waals surface area contributed by atoms with Crippen LogP contribution >= 0.6 is 0 Å². The van der Waals surface area contributed by atoms with E-state index in [2.05, 4.69) is 0 Å². The molecule has 0 amide bonds. The van der Waals surface area contributed by atoms with Gasteiger partial charge >= 0.3 is 29.6 Å². The van der Waals surface area contributed by atoms with Crippen molar-refractivity contribution in [1.29, 1.82) is 0 Å². The van der Waals surface area contributed by atoms with Gasteiger partial charge in [0.05, 0.1) is 9.79 Å². The smallest absolute Gasteiger partial charge is 0.744 e. The average molecular weight is 408 g/mol. The second-order valence-electron chi connectivity index (χ2n) is 6.52. The van der Waals surface area contributed by atoms with Crippen molar-refractivity contribution in [2.75, 3.05) is 0 Å². The van der Waals surface area contributed by atoms with Gasteiger partial charge in [0.25, 0.3) is 0 Å². The Morgan fingerprint density at radius 3 is 1.69 bits per heavy atom. The van der Waals surface area contributed by atoms with Gasteiger partial charge in [0.15, 0.2) is 0 Å². The minimum Gasteiger partial charge on any atom is -0.744 e. The second-order valence-corrected chi connectivity index (χ2v) is 9.79. The van der Waals surface area contributed by atoms with E-state index in [1.165, 1.54) is 12.1 Å². The Kier molecular flexibility index (Phi) is 6.61. The van der Waals surface area contributed by atoms with E-state index < -0.39 is 41.2 Å². The quantitative estimate of drug-likeness (QED) is 0.384. The average Bonchev–Trinajstić information content (AvgIpc) is 2.47. The normalized spacial score (nSPS) is 12.5. The van der Waals surface area contributed by atoms with E-state index in [9.17, 15) is 31.6 Å². The summed E-state index contributed by atoms with van der Waals surface area (Å²) < 4.78 is 58.2. The summed E-state index contributed by atoms with van der Waals surface area (Å²) in [5, 5.41) is 19.5. The Balaban J connectivity index is 0.00000338. The third kappa shape index (κ3) is 4.59. The Bertz CT molecular complexity index is 1020. The molecule has 0 aromatic heterocycles. The Morgan fingerprint density at radius 2 is 1.27 bits per heavy atom. The monoisotopic (exact) mass is 408 g/mol. The minimum atomic E-state index is -5.06. The summed E-state index contributed by atoms with van der Waals surface area (Å²) in [6.07, 6.45) is 0. The van der Waals surface area contributed by atoms with E-state index in [1.807, 2.05) is 20.8 Å². The maximum atomic E-state index is 12.6. The summed E-state index contributed by atoms with van der Waals surface area (Å²) in [4.78, 5) is -1.93. The van der Waals surface area contributed by atoms with Crippen LogP contribution in [0.4, 0.5) is 0 Å². The van der Waals surface area contributed by atoms with Crippen LogP contribution < -0.4 is 29.6 Å². The van der Waals surface area contributed by atoms with Crippen LogP contribution in [0.25, 0.3) is 0 Å². The maximum Gasteiger partial charge on any atom is 1.00 e. The molecule has 0 spiro atoms. The fourth-order valence-electron chi connectivity index (χ4n) is 2.22. The Hall–Kier alpha value is -1.10. The summed E-state index contributed by atoms with van der Waals surface area (Å²) in [6.45, 7) is 5.88. The van der Waals surface area contributed by atoms with E-state index in [0.29, 0.717) is 12.1 Å². The predicted molar refractivity (Wildman–Crippen MR) is 88.3 cm³/mol. The number of phenols is 2. The maximum absolute atomic E-state index is 12.6. The first kappa shape index (κ1) is 22.9. The van der Waals surface area contributed by atoms with Crippen LogP contribution in [0.3, 0.4) is 0 Å². The van der Waals surface area contributed by atoms with E-state index >= 15 is 0 Å². The molecule has 2 aromatic carbocycles. The van der Waals surface area contributed by atoms with Gasteiger partial charge in [-0.2, -0.15) is 0 Å². The van der Waals surface area contributed by atoms with Crippen molar-refractivity contribution in [3.05, 3.63) is 42.0 Å². The molecular formula is C16H17NaO7S2. The number of benzene rings is 2. The molecule has 0 heterocycles. The Labute approximate surface area is 174 Å². The zero-order valence-corrected chi connectivity index (χ0v) is 18.3. The summed E-state index contributed by atoms with van der Waals surface area (Å²) in [6, 6.07) is 6.93. The molecule has 26 heavy (non-hydrogen) atoms. The number of sulfone groups is 1. The van der Waals surface area contributed by atoms with Gasteiger partial charge in [-0.1, -0.05) is 32.9 Å². The third-order valence-electron chi connectivity index (χ3n) is 3.63. The molecule has 0 aliphatic carbocycles. The molecular weight excluding hydrogens is 391 g/mol. The van der Waals surface area contributed by atoms with Gasteiger partial charge in [0.2, 0.25) is 9.84 Å². The molecule has 0 saturated carbocycles. The molecule has 0 aliphatic rings. The van der Waals surface area contributed by atoms with Gasteiger partial charge in [-0.15, -0.1) is 0 Å². The molecule has 0 radical (unpaired) electrons. The van der Waals surface area contributed by atoms with Gasteiger partial charge in [0, 0.05) is 12.1 Å². The molecule has 136 valence electrons. The van der Waals surface area contributed by atoms with Crippen LogP contribution in [-0.4, -0.2) is 31.6 Å². The fourth-order valence-corrected chi connectivity index (χ4v) is 4.14. The summed E-state index contributed by atoms with van der Waals surface area (Å²) in [7, 11) is -9.28. The van der Waals surface area contributed by atoms with Gasteiger partial charge in [-0.3, -0.25) is 0 Å². The molecule has 7 nitrogen and oxygen atoms in total. The molecule has 0 aliphatic heterocycles. The summed E-state index contributed by atoms with van der Waals surface area (Å²) >= 11 is 0. The molecule has 10 heteroatoms. The van der Waals surface area contributed by atoms with Crippen molar-refractivity contribution in [3.8, 4) is 11.5 Å². The zero-order valence-electron chi connectivity index (χ0n) is 14.7. The molecule has 0 saturated heterocycles. The molecule has 0 fully saturated rings. The second kappa shape index (κ2) is 7.49. The number of phenolic OH excluding ortho intramolecular Hbond substituents is 2. The molecule has 2 N–H and O–H groups in total. The van der Waals surface area contributed by atoms with Gasteiger partial charge < -0.3 is 14.8 Å². The van der Waals surface area contributed by atoms with E-state index in [0.717, 1.165) is 5.56 Å². The van der Waals surface area contributed by atoms with Gasteiger partial charge in [-0.05, 0) is 23.1 Å². The number of hydrogen-bond donors (Lipinski definition) is 2. The van der Waals surface area contributed by atoms with Crippen LogP contribution in [0.2, 0.25) is 0 Å². The van der Waals surface area contributed by atoms with Crippen LogP contribution in [0.5, 0.6) is 11.5 Å². The largest absolute Gasteiger partial charge is 1.00 e. The van der Waals surface area contributed by atoms with Crippen LogP contribution in [0, 0.1) is 0 Å². The summed E-state index contributed by atoms with van der Waals surface area (Å²) in [5.41, 5.74) is 0.707. The molecule has 0 unspecified atom stereocenters. The van der Waals surface area contributed by atoms with Crippen molar-refractivity contribution < 1.29 is 61.2 Å². The van der Waals surface area contributed by atoms with Crippen LogP contribution in [0.1, 0.15) is 26.3 Å². The SMILES string of the molecule is CC(C)(C)c1ccc(S(=O)(=O)c2cc(O)c(S(=O)(=O)[O-])cc2O)cc1.[Na+]. The first-order chi connectivity index (χ1) is 11.2.